The minimum absolute atomic E-state index is 0.250. The van der Waals surface area contributed by atoms with Crippen LogP contribution in [0.1, 0.15) is 74.5 Å². The van der Waals surface area contributed by atoms with Gasteiger partial charge in [-0.15, -0.1) is 0 Å². The number of benzene rings is 4. The first-order chi connectivity index (χ1) is 23.9. The molecule has 3 heteroatoms. The van der Waals surface area contributed by atoms with Gasteiger partial charge in [0, 0.05) is 42.0 Å². The van der Waals surface area contributed by atoms with Crippen LogP contribution in [-0.2, 0) is 6.98 Å². The highest BCUT2D eigenvalue weighted by Gasteiger charge is 2.27. The summed E-state index contributed by atoms with van der Waals surface area (Å²) < 4.78 is 74.5. The lowest BCUT2D eigenvalue weighted by Gasteiger charge is -2.34. The molecule has 1 aliphatic carbocycles. The molecule has 0 bridgehead atoms. The first-order valence-corrected chi connectivity index (χ1v) is 14.6. The van der Waals surface area contributed by atoms with Crippen molar-refractivity contribution in [3.63, 3.8) is 0 Å². The van der Waals surface area contributed by atoms with E-state index in [1.165, 1.54) is 41.9 Å². The van der Waals surface area contributed by atoms with Crippen LogP contribution in [-0.4, -0.2) is 14.5 Å². The maximum Gasteiger partial charge on any atom is 0.140 e. The average Bonchev–Trinajstić information content (AvgIpc) is 3.48. The van der Waals surface area contributed by atoms with Gasteiger partial charge in [-0.25, -0.2) is 4.98 Å². The minimum atomic E-state index is -2.70. The summed E-state index contributed by atoms with van der Waals surface area (Å²) in [4.78, 5) is 9.34. The predicted octanol–water partition coefficient (Wildman–Crippen LogP) is 10.4. The number of aryl methyl sites for hydroxylation is 3. The third-order valence-corrected chi connectivity index (χ3v) is 9.04. The Morgan fingerprint density at radius 1 is 0.810 bits per heavy atom. The zero-order valence-electron chi connectivity index (χ0n) is 32.9. The Bertz CT molecular complexity index is 2230. The van der Waals surface area contributed by atoms with Crippen LogP contribution in [0.2, 0.25) is 0 Å². The van der Waals surface area contributed by atoms with Crippen molar-refractivity contribution in [1.29, 1.82) is 0 Å². The summed E-state index contributed by atoms with van der Waals surface area (Å²) in [6.07, 6.45) is 5.99. The summed E-state index contributed by atoms with van der Waals surface area (Å²) in [5.74, 6) is 0.857. The van der Waals surface area contributed by atoms with Crippen LogP contribution in [0.25, 0.3) is 55.6 Å². The standard InChI is InChI=1S/C39H39N3/c1-25-23-34(40-24-26(25)2)33-8-6-7-31-17-18-35-37(36(31)33)41-38(42(35)5)32-15-13-28(14-16-32)27-9-11-29(12-10-27)30-19-21-39(3,4)22-20-30/h6-18,23-24,30H,19-22H2,1-5H3/i1D3,2D3,5D3. The third kappa shape index (κ3) is 4.71. The normalized spacial score (nSPS) is 19.5. The molecule has 0 atom stereocenters. The van der Waals surface area contributed by atoms with Crippen molar-refractivity contribution >= 4 is 21.8 Å². The van der Waals surface area contributed by atoms with Crippen molar-refractivity contribution in [3.05, 3.63) is 108 Å². The van der Waals surface area contributed by atoms with E-state index in [1.54, 1.807) is 24.3 Å². The predicted molar refractivity (Wildman–Crippen MR) is 177 cm³/mol. The minimum Gasteiger partial charge on any atom is -0.327 e. The largest absolute Gasteiger partial charge is 0.327 e. The van der Waals surface area contributed by atoms with Crippen LogP contribution in [0.5, 0.6) is 0 Å². The average molecular weight is 559 g/mol. The van der Waals surface area contributed by atoms with E-state index in [1.807, 2.05) is 30.3 Å². The van der Waals surface area contributed by atoms with Crippen molar-refractivity contribution in [3.8, 4) is 33.8 Å². The van der Waals surface area contributed by atoms with Crippen LogP contribution in [0.4, 0.5) is 0 Å². The highest BCUT2D eigenvalue weighted by atomic mass is 15.1. The van der Waals surface area contributed by atoms with Crippen molar-refractivity contribution in [2.75, 3.05) is 0 Å². The molecule has 0 spiro atoms. The van der Waals surface area contributed by atoms with Gasteiger partial charge < -0.3 is 4.57 Å². The molecule has 0 amide bonds. The Hall–Kier alpha value is -4.24. The molecule has 7 rings (SSSR count). The lowest BCUT2D eigenvalue weighted by atomic mass is 9.71. The molecule has 0 saturated heterocycles. The van der Waals surface area contributed by atoms with Crippen LogP contribution in [0.3, 0.4) is 0 Å². The third-order valence-electron chi connectivity index (χ3n) is 9.04. The molecule has 3 nitrogen and oxygen atoms in total. The molecule has 0 unspecified atom stereocenters. The fraction of sp³-hybridized carbons (Fsp3) is 0.282. The van der Waals surface area contributed by atoms with Crippen molar-refractivity contribution in [2.45, 2.75) is 59.2 Å². The fourth-order valence-corrected chi connectivity index (χ4v) is 6.41. The van der Waals surface area contributed by atoms with Crippen LogP contribution < -0.4 is 0 Å². The van der Waals surface area contributed by atoms with Crippen LogP contribution in [0, 0.1) is 19.1 Å². The molecule has 1 fully saturated rings. The van der Waals surface area contributed by atoms with Crippen molar-refractivity contribution in [1.82, 2.24) is 14.5 Å². The fourth-order valence-electron chi connectivity index (χ4n) is 6.41. The van der Waals surface area contributed by atoms with E-state index >= 15 is 0 Å². The van der Waals surface area contributed by atoms with Gasteiger partial charge in [0.25, 0.3) is 0 Å². The maximum absolute atomic E-state index is 8.50. The second-order valence-electron chi connectivity index (χ2n) is 12.4. The zero-order valence-corrected chi connectivity index (χ0v) is 23.9. The van der Waals surface area contributed by atoms with E-state index in [0.29, 0.717) is 38.9 Å². The first kappa shape index (κ1) is 18.3. The van der Waals surface area contributed by atoms with Gasteiger partial charge in [-0.2, -0.15) is 0 Å². The summed E-state index contributed by atoms with van der Waals surface area (Å²) in [5.41, 5.74) is 5.43. The molecule has 42 heavy (non-hydrogen) atoms. The first-order valence-electron chi connectivity index (χ1n) is 19.1. The summed E-state index contributed by atoms with van der Waals surface area (Å²) in [6, 6.07) is 26.8. The summed E-state index contributed by atoms with van der Waals surface area (Å²) in [6.45, 7) is -3.23. The Balaban J connectivity index is 1.31. The van der Waals surface area contributed by atoms with Gasteiger partial charge in [-0.3, -0.25) is 4.98 Å². The molecule has 0 N–H and O–H groups in total. The molecule has 6 aromatic rings. The second kappa shape index (κ2) is 10.2. The van der Waals surface area contributed by atoms with Gasteiger partial charge in [-0.1, -0.05) is 86.6 Å². The van der Waals surface area contributed by atoms with E-state index in [2.05, 4.69) is 43.1 Å². The monoisotopic (exact) mass is 558 g/mol. The van der Waals surface area contributed by atoms with Gasteiger partial charge in [0.2, 0.25) is 0 Å². The summed E-state index contributed by atoms with van der Waals surface area (Å²) >= 11 is 0. The molecule has 2 aromatic heterocycles. The topological polar surface area (TPSA) is 30.7 Å². The van der Waals surface area contributed by atoms with Crippen LogP contribution in [0.15, 0.2) is 91.1 Å². The molecular formula is C39H39N3. The van der Waals surface area contributed by atoms with Crippen LogP contribution >= 0.6 is 0 Å². The SMILES string of the molecule is [2H]C([2H])([2H])c1cnc(-c2cccc3ccc4c(nc(-c5ccc(-c6ccc(C7CCC(C)(C)CC7)cc6)cc5)n4C([2H])([2H])[2H])c23)cc1C([2H])([2H])[2H]. The Labute approximate surface area is 261 Å². The molecule has 0 aliphatic heterocycles. The van der Waals surface area contributed by atoms with Crippen molar-refractivity contribution in [2.24, 2.45) is 12.4 Å². The maximum atomic E-state index is 8.50. The molecule has 0 radical (unpaired) electrons. The number of rotatable bonds is 4. The number of hydrogen-bond donors (Lipinski definition) is 0. The number of pyridine rings is 1. The van der Waals surface area contributed by atoms with Gasteiger partial charge in [0.15, 0.2) is 0 Å². The molecule has 1 aliphatic rings. The molecule has 210 valence electrons. The highest BCUT2D eigenvalue weighted by molar-refractivity contribution is 6.12. The highest BCUT2D eigenvalue weighted by Crippen LogP contribution is 2.43. The van der Waals surface area contributed by atoms with E-state index in [9.17, 15) is 0 Å². The number of nitrogens with zero attached hydrogens (tertiary/aromatic N) is 3. The second-order valence-corrected chi connectivity index (χ2v) is 12.4. The number of fused-ring (bicyclic) bond motifs is 3. The van der Waals surface area contributed by atoms with Gasteiger partial charge >= 0.3 is 0 Å². The quantitative estimate of drug-likeness (QED) is 0.215. The Morgan fingerprint density at radius 2 is 1.52 bits per heavy atom. The number of aromatic nitrogens is 3. The van der Waals surface area contributed by atoms with E-state index in [-0.39, 0.29) is 22.6 Å². The lowest BCUT2D eigenvalue weighted by Crippen LogP contribution is -2.20. The zero-order chi connectivity index (χ0) is 36.5. The molecule has 2 heterocycles. The van der Waals surface area contributed by atoms with Gasteiger partial charge in [0.05, 0.1) is 16.7 Å². The van der Waals surface area contributed by atoms with E-state index < -0.39 is 20.7 Å². The summed E-state index contributed by atoms with van der Waals surface area (Å²) in [5, 5.41) is 1.33. The van der Waals surface area contributed by atoms with Crippen molar-refractivity contribution < 1.29 is 12.3 Å². The molecular weight excluding hydrogens is 510 g/mol. The number of imidazole rings is 1. The molecule has 1 saturated carbocycles. The number of hydrogen-bond acceptors (Lipinski definition) is 2. The Kier molecular flexibility index (Phi) is 4.47. The smallest absolute Gasteiger partial charge is 0.140 e. The Morgan fingerprint density at radius 3 is 2.24 bits per heavy atom. The summed E-state index contributed by atoms with van der Waals surface area (Å²) in [7, 11) is 0. The van der Waals surface area contributed by atoms with E-state index in [4.69, 9.17) is 17.3 Å². The van der Waals surface area contributed by atoms with Gasteiger partial charge in [0.1, 0.15) is 5.82 Å². The van der Waals surface area contributed by atoms with Gasteiger partial charge in [-0.05, 0) is 96.1 Å². The van der Waals surface area contributed by atoms with E-state index in [0.717, 1.165) is 22.7 Å². The molecule has 4 aromatic carbocycles. The lowest BCUT2D eigenvalue weighted by molar-refractivity contribution is 0.224.